The smallest absolute Gasteiger partial charge is 0.314 e. The van der Waals surface area contributed by atoms with Crippen molar-refractivity contribution in [2.45, 2.75) is 139 Å². The van der Waals surface area contributed by atoms with E-state index in [4.69, 9.17) is 18.9 Å². The highest BCUT2D eigenvalue weighted by Crippen LogP contribution is 2.73. The first-order valence-corrected chi connectivity index (χ1v) is 16.8. The second-order valence-corrected chi connectivity index (χ2v) is 15.6. The molecule has 0 amide bonds. The molecule has 6 fully saturated rings. The van der Waals surface area contributed by atoms with E-state index in [1.807, 2.05) is 6.92 Å². The van der Waals surface area contributed by atoms with Crippen molar-refractivity contribution in [1.82, 2.24) is 0 Å². The van der Waals surface area contributed by atoms with Crippen molar-refractivity contribution in [3.05, 3.63) is 0 Å². The SMILES string of the molecule is C[C@@]12CCC[C@@](C)(C(=O)O[C@@H]3O[C@H](CO)[C@@H](O)[C@H](O)[C@H]3O)[C@H]1CC[C@@]13C[C@@H](CC[C@@H]12)[C@](CO)(O[C@@H]1O[C@H](CO)[C@@H](O)[C@H](O)[C@H]1O)C3. The maximum Gasteiger partial charge on any atom is 0.314 e. The zero-order valence-corrected chi connectivity index (χ0v) is 26.6. The minimum Gasteiger partial charge on any atom is -0.432 e. The molecule has 2 bridgehead atoms. The third-order valence-corrected chi connectivity index (χ3v) is 13.3. The van der Waals surface area contributed by atoms with Gasteiger partial charge in [-0.25, -0.2) is 0 Å². The third-order valence-electron chi connectivity index (χ3n) is 13.3. The van der Waals surface area contributed by atoms with Crippen LogP contribution in [0.15, 0.2) is 0 Å². The molecule has 2 saturated heterocycles. The molecule has 14 nitrogen and oxygen atoms in total. The third kappa shape index (κ3) is 5.18. The second kappa shape index (κ2) is 12.4. The van der Waals surface area contributed by atoms with Crippen molar-refractivity contribution >= 4 is 5.97 Å². The van der Waals surface area contributed by atoms with Gasteiger partial charge in [0, 0.05) is 0 Å². The van der Waals surface area contributed by atoms with Crippen LogP contribution in [0.2, 0.25) is 0 Å². The van der Waals surface area contributed by atoms with Gasteiger partial charge >= 0.3 is 5.97 Å². The van der Waals surface area contributed by atoms with Crippen LogP contribution in [-0.2, 0) is 23.7 Å². The molecule has 0 aromatic carbocycles. The van der Waals surface area contributed by atoms with Gasteiger partial charge in [0.2, 0.25) is 6.29 Å². The van der Waals surface area contributed by atoms with Crippen LogP contribution in [0.4, 0.5) is 0 Å². The number of hydrogen-bond donors (Lipinski definition) is 9. The molecule has 46 heavy (non-hydrogen) atoms. The highest BCUT2D eigenvalue weighted by molar-refractivity contribution is 5.77. The molecule has 14 heteroatoms. The van der Waals surface area contributed by atoms with Gasteiger partial charge in [0.25, 0.3) is 0 Å². The average Bonchev–Trinajstić information content (AvgIpc) is 3.26. The number of hydrogen-bond acceptors (Lipinski definition) is 14. The van der Waals surface area contributed by atoms with Crippen molar-refractivity contribution in [2.24, 2.45) is 34.0 Å². The number of fused-ring (bicyclic) bond motifs is 3. The zero-order valence-electron chi connectivity index (χ0n) is 26.6. The van der Waals surface area contributed by atoms with Crippen molar-refractivity contribution in [3.8, 4) is 0 Å². The molecule has 2 aliphatic heterocycles. The summed E-state index contributed by atoms with van der Waals surface area (Å²) in [4.78, 5) is 14.0. The highest BCUT2D eigenvalue weighted by atomic mass is 16.7. The quantitative estimate of drug-likeness (QED) is 0.138. The van der Waals surface area contributed by atoms with Gasteiger partial charge in [-0.05, 0) is 86.9 Å². The van der Waals surface area contributed by atoms with Gasteiger partial charge in [-0.15, -0.1) is 0 Å². The predicted octanol–water partition coefficient (Wildman–Crippen LogP) is -1.71. The Kier molecular flexibility index (Phi) is 9.39. The number of aliphatic hydroxyl groups is 9. The molecule has 0 unspecified atom stereocenters. The molecular weight excluding hydrogens is 608 g/mol. The molecular formula is C32H52O14. The van der Waals surface area contributed by atoms with E-state index in [0.717, 1.165) is 38.5 Å². The Morgan fingerprint density at radius 1 is 0.739 bits per heavy atom. The number of ether oxygens (including phenoxy) is 4. The van der Waals surface area contributed by atoms with Gasteiger partial charge in [0.05, 0.1) is 30.8 Å². The van der Waals surface area contributed by atoms with Crippen LogP contribution in [0.5, 0.6) is 0 Å². The zero-order chi connectivity index (χ0) is 33.4. The van der Waals surface area contributed by atoms with Gasteiger partial charge in [0.1, 0.15) is 48.8 Å². The highest BCUT2D eigenvalue weighted by Gasteiger charge is 2.70. The summed E-state index contributed by atoms with van der Waals surface area (Å²) in [5.74, 6) is -0.498. The molecule has 6 rings (SSSR count). The van der Waals surface area contributed by atoms with Crippen molar-refractivity contribution in [1.29, 1.82) is 0 Å². The topological polar surface area (TPSA) is 236 Å². The van der Waals surface area contributed by atoms with E-state index in [0.29, 0.717) is 19.3 Å². The van der Waals surface area contributed by atoms with Crippen LogP contribution >= 0.6 is 0 Å². The summed E-state index contributed by atoms with van der Waals surface area (Å²) < 4.78 is 23.3. The van der Waals surface area contributed by atoms with E-state index >= 15 is 0 Å². The van der Waals surface area contributed by atoms with E-state index in [2.05, 4.69) is 6.92 Å². The lowest BCUT2D eigenvalue weighted by Gasteiger charge is -2.63. The molecule has 0 radical (unpaired) electrons. The predicted molar refractivity (Wildman–Crippen MR) is 155 cm³/mol. The Morgan fingerprint density at radius 3 is 1.96 bits per heavy atom. The lowest BCUT2D eigenvalue weighted by Crippen LogP contribution is -2.62. The summed E-state index contributed by atoms with van der Waals surface area (Å²) in [6.07, 6.45) is -8.26. The standard InChI is InChI=1S/C32H52O14/c1-29-7-3-8-30(2,28(42)45-26-24(40)22(38)20(36)16(11-33)43-26)18(29)6-9-31-10-15(4-5-19(29)31)32(13-31,14-35)46-27-25(41)23(39)21(37)17(12-34)44-27/h15-27,33-41H,3-14H2,1-2H3/t15-,16-,17-,18+,19-,20-,21-,22+,23+,24-,25-,26+,27+,29-,30-,31+,32+/m1/s1. The van der Waals surface area contributed by atoms with Gasteiger partial charge in [-0.2, -0.15) is 0 Å². The van der Waals surface area contributed by atoms with Crippen molar-refractivity contribution < 1.29 is 69.7 Å². The van der Waals surface area contributed by atoms with Crippen molar-refractivity contribution in [2.75, 3.05) is 19.8 Å². The molecule has 0 aromatic heterocycles. The fourth-order valence-corrected chi connectivity index (χ4v) is 11.0. The van der Waals surface area contributed by atoms with Crippen molar-refractivity contribution in [3.63, 3.8) is 0 Å². The molecule has 1 spiro atoms. The van der Waals surface area contributed by atoms with Crippen LogP contribution in [0.25, 0.3) is 0 Å². The van der Waals surface area contributed by atoms with Crippen LogP contribution in [0.3, 0.4) is 0 Å². The summed E-state index contributed by atoms with van der Waals surface area (Å²) in [6, 6.07) is 0. The fourth-order valence-electron chi connectivity index (χ4n) is 11.0. The first-order valence-electron chi connectivity index (χ1n) is 16.8. The van der Waals surface area contributed by atoms with Gasteiger partial charge in [0.15, 0.2) is 6.29 Å². The van der Waals surface area contributed by atoms with E-state index < -0.39 is 91.6 Å². The fraction of sp³-hybridized carbons (Fsp3) is 0.969. The van der Waals surface area contributed by atoms with Crippen LogP contribution < -0.4 is 0 Å². The first kappa shape index (κ1) is 34.8. The summed E-state index contributed by atoms with van der Waals surface area (Å²) in [5, 5.41) is 92.4. The van der Waals surface area contributed by atoms with E-state index in [9.17, 15) is 50.8 Å². The second-order valence-electron chi connectivity index (χ2n) is 15.6. The van der Waals surface area contributed by atoms with Crippen LogP contribution in [0.1, 0.15) is 71.6 Å². The van der Waals surface area contributed by atoms with Gasteiger partial charge in [-0.1, -0.05) is 13.3 Å². The lowest BCUT2D eigenvalue weighted by atomic mass is 9.41. The van der Waals surface area contributed by atoms with E-state index in [1.165, 1.54) is 0 Å². The lowest BCUT2D eigenvalue weighted by molar-refractivity contribution is -0.335. The minimum absolute atomic E-state index is 0.0487. The number of esters is 1. The average molecular weight is 661 g/mol. The summed E-state index contributed by atoms with van der Waals surface area (Å²) in [5.41, 5.74) is -2.49. The van der Waals surface area contributed by atoms with E-state index in [1.54, 1.807) is 0 Å². The monoisotopic (exact) mass is 660 g/mol. The summed E-state index contributed by atoms with van der Waals surface area (Å²) >= 11 is 0. The number of aliphatic hydroxyl groups excluding tert-OH is 9. The Balaban J connectivity index is 1.22. The Labute approximate surface area is 268 Å². The Morgan fingerprint density at radius 2 is 1.35 bits per heavy atom. The Bertz CT molecular complexity index is 1120. The summed E-state index contributed by atoms with van der Waals surface area (Å²) in [7, 11) is 0. The number of rotatable bonds is 7. The molecule has 9 N–H and O–H groups in total. The molecule has 4 aliphatic carbocycles. The van der Waals surface area contributed by atoms with Gasteiger partial charge < -0.3 is 64.9 Å². The molecule has 0 aromatic rings. The normalized spacial score (nSPS) is 55.3. The molecule has 17 atom stereocenters. The van der Waals surface area contributed by atoms with Crippen LogP contribution in [-0.4, -0.2) is 139 Å². The Hall–Kier alpha value is -1.01. The molecule has 2 heterocycles. The van der Waals surface area contributed by atoms with Gasteiger partial charge in [-0.3, -0.25) is 4.79 Å². The molecule has 4 saturated carbocycles. The molecule has 6 aliphatic rings. The maximum absolute atomic E-state index is 14.0. The number of carbonyl (C=O) groups excluding carboxylic acids is 1. The van der Waals surface area contributed by atoms with Crippen LogP contribution in [0, 0.1) is 34.0 Å². The van der Waals surface area contributed by atoms with E-state index in [-0.39, 0.29) is 35.2 Å². The maximum atomic E-state index is 14.0. The largest absolute Gasteiger partial charge is 0.432 e. The molecule has 264 valence electrons. The number of carbonyl (C=O) groups is 1. The summed E-state index contributed by atoms with van der Waals surface area (Å²) in [6.45, 7) is 2.59. The minimum atomic E-state index is -1.68. The first-order chi connectivity index (χ1) is 21.7.